The maximum atomic E-state index is 12.3. The zero-order valence-corrected chi connectivity index (χ0v) is 12.6. The van der Waals surface area contributed by atoms with E-state index >= 15 is 0 Å². The highest BCUT2D eigenvalue weighted by molar-refractivity contribution is 5.99. The van der Waals surface area contributed by atoms with Crippen LogP contribution in [-0.4, -0.2) is 15.8 Å². The second-order valence-electron chi connectivity index (χ2n) is 6.39. The van der Waals surface area contributed by atoms with E-state index in [4.69, 9.17) is 0 Å². The number of aryl methyl sites for hydroxylation is 1. The number of fused-ring (bicyclic) bond motifs is 1. The van der Waals surface area contributed by atoms with Gasteiger partial charge in [-0.3, -0.25) is 4.79 Å². The van der Waals surface area contributed by atoms with Crippen molar-refractivity contribution in [1.29, 1.82) is 0 Å². The molecule has 0 saturated heterocycles. The predicted molar refractivity (Wildman–Crippen MR) is 82.9 cm³/mol. The molecule has 0 atom stereocenters. The van der Waals surface area contributed by atoms with Crippen LogP contribution in [0.15, 0.2) is 30.3 Å². The topological polar surface area (TPSA) is 54.9 Å². The first kappa shape index (κ1) is 13.7. The lowest BCUT2D eigenvalue weighted by Gasteiger charge is -2.30. The van der Waals surface area contributed by atoms with Crippen LogP contribution >= 0.6 is 0 Å². The van der Waals surface area contributed by atoms with E-state index in [2.05, 4.69) is 29.1 Å². The van der Waals surface area contributed by atoms with Crippen LogP contribution < -0.4 is 5.32 Å². The van der Waals surface area contributed by atoms with E-state index < -0.39 is 0 Å². The summed E-state index contributed by atoms with van der Waals surface area (Å²) in [4.78, 5) is 21.3. The molecule has 21 heavy (non-hydrogen) atoms. The van der Waals surface area contributed by atoms with E-state index in [0.717, 1.165) is 23.5 Å². The number of Topliss-reactive ketones (excluding diaryl/α,β-unsaturated/α-hetero) is 1. The molecule has 1 N–H and O–H groups in total. The summed E-state index contributed by atoms with van der Waals surface area (Å²) in [5.41, 5.74) is 3.25. The van der Waals surface area contributed by atoms with Crippen molar-refractivity contribution >= 4 is 17.4 Å². The number of carbonyl (C=O) groups excluding carboxylic acids is 1. The van der Waals surface area contributed by atoms with Crippen molar-refractivity contribution in [3.05, 3.63) is 47.3 Å². The summed E-state index contributed by atoms with van der Waals surface area (Å²) >= 11 is 0. The Balaban J connectivity index is 1.99. The zero-order valence-electron chi connectivity index (χ0n) is 12.6. The average Bonchev–Trinajstić information content (AvgIpc) is 2.37. The number of rotatable bonds is 2. The fourth-order valence-corrected chi connectivity index (χ4v) is 2.87. The Kier molecular flexibility index (Phi) is 3.24. The molecular formula is C17H19N3O. The number of anilines is 2. The number of hydrogen-bond donors (Lipinski definition) is 1. The highest BCUT2D eigenvalue weighted by Crippen LogP contribution is 2.35. The summed E-state index contributed by atoms with van der Waals surface area (Å²) < 4.78 is 0. The van der Waals surface area contributed by atoms with Crippen molar-refractivity contribution < 1.29 is 4.79 Å². The maximum Gasteiger partial charge on any atom is 0.227 e. The lowest BCUT2D eigenvalue weighted by Crippen LogP contribution is -2.29. The summed E-state index contributed by atoms with van der Waals surface area (Å²) in [6.45, 7) is 6.10. The first-order valence-electron chi connectivity index (χ1n) is 7.17. The summed E-state index contributed by atoms with van der Waals surface area (Å²) in [6.07, 6.45) is 1.37. The van der Waals surface area contributed by atoms with Gasteiger partial charge in [0.1, 0.15) is 0 Å². The number of nitrogens with zero attached hydrogens (tertiary/aromatic N) is 2. The van der Waals surface area contributed by atoms with Gasteiger partial charge in [0.05, 0.1) is 17.0 Å². The van der Waals surface area contributed by atoms with E-state index in [1.807, 2.05) is 37.3 Å². The third-order valence-electron chi connectivity index (χ3n) is 3.76. The van der Waals surface area contributed by atoms with Gasteiger partial charge in [-0.1, -0.05) is 32.0 Å². The number of para-hydroxylation sites is 1. The van der Waals surface area contributed by atoms with Gasteiger partial charge in [-0.2, -0.15) is 0 Å². The molecule has 2 aromatic rings. The minimum absolute atomic E-state index is 0.0328. The molecule has 0 radical (unpaired) electrons. The number of aromatic nitrogens is 2. The lowest BCUT2D eigenvalue weighted by atomic mass is 9.75. The fourth-order valence-electron chi connectivity index (χ4n) is 2.87. The molecule has 0 bridgehead atoms. The van der Waals surface area contributed by atoms with E-state index in [9.17, 15) is 4.79 Å². The van der Waals surface area contributed by atoms with Crippen LogP contribution in [0.2, 0.25) is 0 Å². The monoisotopic (exact) mass is 281 g/mol. The van der Waals surface area contributed by atoms with E-state index in [-0.39, 0.29) is 11.2 Å². The standard InChI is InChI=1S/C17H19N3O/c1-11-15-13(9-17(2,3)10-14(15)21)20-16(18-11)19-12-7-5-4-6-8-12/h4-8H,9-10H2,1-3H3,(H,18,19,20). The Hall–Kier alpha value is -2.23. The Bertz CT molecular complexity index is 693. The second-order valence-corrected chi connectivity index (χ2v) is 6.39. The Labute approximate surface area is 124 Å². The summed E-state index contributed by atoms with van der Waals surface area (Å²) in [6, 6.07) is 9.81. The van der Waals surface area contributed by atoms with Crippen LogP contribution in [-0.2, 0) is 6.42 Å². The van der Waals surface area contributed by atoms with Gasteiger partial charge in [-0.15, -0.1) is 0 Å². The number of benzene rings is 1. The van der Waals surface area contributed by atoms with Gasteiger partial charge in [0.2, 0.25) is 5.95 Å². The molecule has 1 aliphatic carbocycles. The summed E-state index contributed by atoms with van der Waals surface area (Å²) in [7, 11) is 0. The van der Waals surface area contributed by atoms with Crippen LogP contribution in [0.3, 0.4) is 0 Å². The Morgan fingerprint density at radius 3 is 2.52 bits per heavy atom. The van der Waals surface area contributed by atoms with Gasteiger partial charge < -0.3 is 5.32 Å². The quantitative estimate of drug-likeness (QED) is 0.912. The van der Waals surface area contributed by atoms with Crippen molar-refractivity contribution in [2.45, 2.75) is 33.6 Å². The highest BCUT2D eigenvalue weighted by Gasteiger charge is 2.33. The summed E-state index contributed by atoms with van der Waals surface area (Å²) in [5.74, 6) is 0.716. The molecule has 1 aromatic carbocycles. The Morgan fingerprint density at radius 2 is 1.81 bits per heavy atom. The van der Waals surface area contributed by atoms with Crippen molar-refractivity contribution in [2.24, 2.45) is 5.41 Å². The molecule has 4 nitrogen and oxygen atoms in total. The van der Waals surface area contributed by atoms with E-state index in [0.29, 0.717) is 17.9 Å². The maximum absolute atomic E-state index is 12.3. The van der Waals surface area contributed by atoms with Gasteiger partial charge >= 0.3 is 0 Å². The van der Waals surface area contributed by atoms with Crippen LogP contribution in [0, 0.1) is 12.3 Å². The molecular weight excluding hydrogens is 262 g/mol. The van der Waals surface area contributed by atoms with Crippen LogP contribution in [0.1, 0.15) is 42.0 Å². The van der Waals surface area contributed by atoms with Crippen molar-refractivity contribution in [3.8, 4) is 0 Å². The normalized spacial score (nSPS) is 16.4. The Morgan fingerprint density at radius 1 is 1.10 bits per heavy atom. The van der Waals surface area contributed by atoms with Gasteiger partial charge in [-0.25, -0.2) is 9.97 Å². The second kappa shape index (κ2) is 4.95. The molecule has 0 unspecified atom stereocenters. The molecule has 1 aromatic heterocycles. The third-order valence-corrected chi connectivity index (χ3v) is 3.76. The molecule has 0 saturated carbocycles. The highest BCUT2D eigenvalue weighted by atomic mass is 16.1. The van der Waals surface area contributed by atoms with Crippen molar-refractivity contribution in [2.75, 3.05) is 5.32 Å². The van der Waals surface area contributed by atoms with Crippen LogP contribution in [0.4, 0.5) is 11.6 Å². The molecule has 4 heteroatoms. The van der Waals surface area contributed by atoms with Gasteiger partial charge in [0.25, 0.3) is 0 Å². The first-order valence-corrected chi connectivity index (χ1v) is 7.17. The lowest BCUT2D eigenvalue weighted by molar-refractivity contribution is 0.0909. The molecule has 108 valence electrons. The van der Waals surface area contributed by atoms with E-state index in [1.54, 1.807) is 0 Å². The van der Waals surface area contributed by atoms with Crippen LogP contribution in [0.25, 0.3) is 0 Å². The molecule has 0 spiro atoms. The number of nitrogens with one attached hydrogen (secondary N) is 1. The van der Waals surface area contributed by atoms with Gasteiger partial charge in [-0.05, 0) is 30.9 Å². The molecule has 0 aliphatic heterocycles. The number of carbonyl (C=O) groups is 1. The zero-order chi connectivity index (χ0) is 15.0. The van der Waals surface area contributed by atoms with Gasteiger partial charge in [0, 0.05) is 12.1 Å². The van der Waals surface area contributed by atoms with Gasteiger partial charge in [0.15, 0.2) is 5.78 Å². The minimum atomic E-state index is -0.0328. The number of hydrogen-bond acceptors (Lipinski definition) is 4. The smallest absolute Gasteiger partial charge is 0.227 e. The predicted octanol–water partition coefficient (Wildman–Crippen LogP) is 3.68. The molecule has 0 fully saturated rings. The van der Waals surface area contributed by atoms with E-state index in [1.165, 1.54) is 0 Å². The SMILES string of the molecule is Cc1nc(Nc2ccccc2)nc2c1C(=O)CC(C)(C)C2. The molecule has 1 heterocycles. The molecule has 3 rings (SSSR count). The molecule has 0 amide bonds. The fraction of sp³-hybridized carbons (Fsp3) is 0.353. The average molecular weight is 281 g/mol. The molecule has 1 aliphatic rings. The summed E-state index contributed by atoms with van der Waals surface area (Å²) in [5, 5.41) is 3.20. The van der Waals surface area contributed by atoms with Crippen molar-refractivity contribution in [1.82, 2.24) is 9.97 Å². The third kappa shape index (κ3) is 2.79. The minimum Gasteiger partial charge on any atom is -0.324 e. The first-order chi connectivity index (χ1) is 9.94. The largest absolute Gasteiger partial charge is 0.324 e. The number of ketones is 1. The van der Waals surface area contributed by atoms with Crippen LogP contribution in [0.5, 0.6) is 0 Å². The van der Waals surface area contributed by atoms with Crippen molar-refractivity contribution in [3.63, 3.8) is 0 Å².